The number of carbonyl (C=O) groups is 1. The van der Waals surface area contributed by atoms with Gasteiger partial charge in [0, 0.05) is 36.7 Å². The number of benzene rings is 1. The first-order chi connectivity index (χ1) is 8.61. The zero-order chi connectivity index (χ0) is 13.1. The van der Waals surface area contributed by atoms with E-state index in [1.807, 2.05) is 17.9 Å². The normalized spacial score (nSPS) is 19.3. The molecule has 0 aliphatic carbocycles. The van der Waals surface area contributed by atoms with E-state index in [-0.39, 0.29) is 5.91 Å². The average Bonchev–Trinajstić information content (AvgIpc) is 2.81. The summed E-state index contributed by atoms with van der Waals surface area (Å²) in [5, 5.41) is 0.699. The van der Waals surface area contributed by atoms with Gasteiger partial charge in [0.1, 0.15) is 0 Å². The number of likely N-dealkylation sites (tertiary alicyclic amines) is 1. The Bertz CT molecular complexity index is 447. The van der Waals surface area contributed by atoms with E-state index in [2.05, 4.69) is 0 Å². The van der Waals surface area contributed by atoms with Crippen molar-refractivity contribution in [3.05, 3.63) is 34.3 Å². The molecule has 0 radical (unpaired) electrons. The first kappa shape index (κ1) is 13.4. The van der Waals surface area contributed by atoms with Crippen LogP contribution in [0, 0.1) is 12.8 Å². The summed E-state index contributed by atoms with van der Waals surface area (Å²) in [6.45, 7) is 4.24. The van der Waals surface area contributed by atoms with Gasteiger partial charge >= 0.3 is 0 Å². The second-order valence-corrected chi connectivity index (χ2v) is 5.23. The van der Waals surface area contributed by atoms with Crippen LogP contribution in [0.1, 0.15) is 22.3 Å². The van der Waals surface area contributed by atoms with Gasteiger partial charge in [-0.15, -0.1) is 0 Å². The Kier molecular flexibility index (Phi) is 4.25. The Morgan fingerprint density at radius 2 is 2.33 bits per heavy atom. The molecular weight excluding hydrogens is 250 g/mol. The molecule has 0 saturated carbocycles. The number of methoxy groups -OCH3 is 1. The summed E-state index contributed by atoms with van der Waals surface area (Å²) in [4.78, 5) is 14.2. The predicted octanol–water partition coefficient (Wildman–Crippen LogP) is 2.76. The molecule has 0 unspecified atom stereocenters. The highest BCUT2D eigenvalue weighted by Crippen LogP contribution is 2.21. The van der Waals surface area contributed by atoms with Crippen molar-refractivity contribution < 1.29 is 9.53 Å². The van der Waals surface area contributed by atoms with Gasteiger partial charge in [0.05, 0.1) is 6.61 Å². The molecule has 0 bridgehead atoms. The molecule has 4 heteroatoms. The van der Waals surface area contributed by atoms with E-state index >= 15 is 0 Å². The van der Waals surface area contributed by atoms with Crippen molar-refractivity contribution >= 4 is 17.5 Å². The Morgan fingerprint density at radius 1 is 1.56 bits per heavy atom. The maximum Gasteiger partial charge on any atom is 0.253 e. The van der Waals surface area contributed by atoms with Gasteiger partial charge in [-0.05, 0) is 37.1 Å². The highest BCUT2D eigenvalue weighted by atomic mass is 35.5. The van der Waals surface area contributed by atoms with Crippen LogP contribution in [0.25, 0.3) is 0 Å². The molecule has 1 aromatic carbocycles. The van der Waals surface area contributed by atoms with Crippen LogP contribution in [0.3, 0.4) is 0 Å². The zero-order valence-corrected chi connectivity index (χ0v) is 11.5. The van der Waals surface area contributed by atoms with Gasteiger partial charge in [0.15, 0.2) is 0 Å². The third-order valence-electron chi connectivity index (χ3n) is 3.38. The molecule has 1 atom stereocenters. The Balaban J connectivity index is 2.05. The number of amides is 1. The minimum Gasteiger partial charge on any atom is -0.384 e. The lowest BCUT2D eigenvalue weighted by Gasteiger charge is -2.17. The first-order valence-electron chi connectivity index (χ1n) is 6.16. The molecule has 0 N–H and O–H groups in total. The monoisotopic (exact) mass is 267 g/mol. The number of ether oxygens (including phenoxy) is 1. The molecule has 3 nitrogen and oxygen atoms in total. The summed E-state index contributed by atoms with van der Waals surface area (Å²) in [7, 11) is 1.70. The van der Waals surface area contributed by atoms with Gasteiger partial charge < -0.3 is 9.64 Å². The highest BCUT2D eigenvalue weighted by Gasteiger charge is 2.26. The topological polar surface area (TPSA) is 29.5 Å². The van der Waals surface area contributed by atoms with Crippen molar-refractivity contribution in [3.8, 4) is 0 Å². The molecular formula is C14H18ClNO2. The molecule has 1 fully saturated rings. The van der Waals surface area contributed by atoms with Crippen molar-refractivity contribution in [2.45, 2.75) is 13.3 Å². The van der Waals surface area contributed by atoms with Gasteiger partial charge in [-0.2, -0.15) is 0 Å². The lowest BCUT2D eigenvalue weighted by molar-refractivity contribution is 0.0775. The molecule has 1 amide bonds. The number of nitrogens with zero attached hydrogens (tertiary/aromatic N) is 1. The van der Waals surface area contributed by atoms with Gasteiger partial charge in [-0.3, -0.25) is 4.79 Å². The van der Waals surface area contributed by atoms with Crippen LogP contribution in [0.15, 0.2) is 18.2 Å². The molecule has 0 spiro atoms. The molecule has 1 aliphatic heterocycles. The van der Waals surface area contributed by atoms with E-state index in [0.717, 1.165) is 37.2 Å². The van der Waals surface area contributed by atoms with Gasteiger partial charge in [0.2, 0.25) is 0 Å². The Labute approximate surface area is 113 Å². The minimum absolute atomic E-state index is 0.0911. The van der Waals surface area contributed by atoms with Crippen LogP contribution in [0.5, 0.6) is 0 Å². The number of hydrogen-bond donors (Lipinski definition) is 0. The van der Waals surface area contributed by atoms with E-state index in [1.165, 1.54) is 0 Å². The van der Waals surface area contributed by atoms with E-state index < -0.39 is 0 Å². The molecule has 98 valence electrons. The largest absolute Gasteiger partial charge is 0.384 e. The van der Waals surface area contributed by atoms with Crippen molar-refractivity contribution in [2.75, 3.05) is 26.8 Å². The van der Waals surface area contributed by atoms with Crippen molar-refractivity contribution in [1.82, 2.24) is 4.90 Å². The van der Waals surface area contributed by atoms with Crippen LogP contribution < -0.4 is 0 Å². The number of hydrogen-bond acceptors (Lipinski definition) is 2. The van der Waals surface area contributed by atoms with Crippen LogP contribution >= 0.6 is 11.6 Å². The predicted molar refractivity (Wildman–Crippen MR) is 72.1 cm³/mol. The van der Waals surface area contributed by atoms with Crippen LogP contribution in [0.4, 0.5) is 0 Å². The number of rotatable bonds is 3. The number of halogens is 1. The summed E-state index contributed by atoms with van der Waals surface area (Å²) in [5.74, 6) is 0.556. The maximum atomic E-state index is 12.3. The molecule has 2 rings (SSSR count). The molecule has 1 aromatic rings. The van der Waals surface area contributed by atoms with Crippen molar-refractivity contribution in [3.63, 3.8) is 0 Å². The number of carbonyl (C=O) groups excluding carboxylic acids is 1. The molecule has 1 heterocycles. The van der Waals surface area contributed by atoms with Crippen LogP contribution in [-0.2, 0) is 4.74 Å². The fraction of sp³-hybridized carbons (Fsp3) is 0.500. The smallest absolute Gasteiger partial charge is 0.253 e. The minimum atomic E-state index is 0.0911. The quantitative estimate of drug-likeness (QED) is 0.843. The lowest BCUT2D eigenvalue weighted by atomic mass is 10.1. The van der Waals surface area contributed by atoms with Gasteiger partial charge in [-0.1, -0.05) is 11.6 Å². The molecule has 1 aliphatic rings. The SMILES string of the molecule is COC[C@@H]1CCN(C(=O)c2ccc(Cl)c(C)c2)C1. The van der Waals surface area contributed by atoms with Crippen LogP contribution in [-0.4, -0.2) is 37.6 Å². The standard InChI is InChI=1S/C14H18ClNO2/c1-10-7-12(3-4-13(10)15)14(17)16-6-5-11(8-16)9-18-2/h3-4,7,11H,5-6,8-9H2,1-2H3/t11-/m1/s1. The second kappa shape index (κ2) is 5.72. The first-order valence-corrected chi connectivity index (χ1v) is 6.54. The van der Waals surface area contributed by atoms with Crippen molar-refractivity contribution in [1.29, 1.82) is 0 Å². The van der Waals surface area contributed by atoms with E-state index in [4.69, 9.17) is 16.3 Å². The average molecular weight is 268 g/mol. The Morgan fingerprint density at radius 3 is 3.00 bits per heavy atom. The van der Waals surface area contributed by atoms with Crippen molar-refractivity contribution in [2.24, 2.45) is 5.92 Å². The highest BCUT2D eigenvalue weighted by molar-refractivity contribution is 6.31. The second-order valence-electron chi connectivity index (χ2n) is 4.83. The van der Waals surface area contributed by atoms with Gasteiger partial charge in [0.25, 0.3) is 5.91 Å². The van der Waals surface area contributed by atoms with E-state index in [9.17, 15) is 4.79 Å². The summed E-state index contributed by atoms with van der Waals surface area (Å²) in [6, 6.07) is 5.43. The lowest BCUT2D eigenvalue weighted by Crippen LogP contribution is -2.29. The summed E-state index contributed by atoms with van der Waals surface area (Å²) < 4.78 is 5.14. The molecule has 18 heavy (non-hydrogen) atoms. The Hall–Kier alpha value is -1.06. The number of aryl methyl sites for hydroxylation is 1. The summed E-state index contributed by atoms with van der Waals surface area (Å²) >= 11 is 5.97. The van der Waals surface area contributed by atoms with E-state index in [1.54, 1.807) is 19.2 Å². The molecule has 1 saturated heterocycles. The molecule has 0 aromatic heterocycles. The zero-order valence-electron chi connectivity index (χ0n) is 10.8. The third kappa shape index (κ3) is 2.85. The van der Waals surface area contributed by atoms with Gasteiger partial charge in [-0.25, -0.2) is 0 Å². The van der Waals surface area contributed by atoms with Crippen LogP contribution in [0.2, 0.25) is 5.02 Å². The third-order valence-corrected chi connectivity index (χ3v) is 3.80. The summed E-state index contributed by atoms with van der Waals surface area (Å²) in [5.41, 5.74) is 1.66. The fourth-order valence-electron chi connectivity index (χ4n) is 2.35. The fourth-order valence-corrected chi connectivity index (χ4v) is 2.47. The maximum absolute atomic E-state index is 12.3. The van der Waals surface area contributed by atoms with E-state index in [0.29, 0.717) is 10.9 Å². The summed E-state index contributed by atoms with van der Waals surface area (Å²) in [6.07, 6.45) is 1.02.